The third kappa shape index (κ3) is 6.26. The monoisotopic (exact) mass is 464 g/mol. The Bertz CT molecular complexity index is 1140. The van der Waals surface area contributed by atoms with E-state index < -0.39 is 0 Å². The lowest BCUT2D eigenvalue weighted by Crippen LogP contribution is -2.32. The molecule has 1 N–H and O–H groups in total. The fourth-order valence-corrected chi connectivity index (χ4v) is 3.89. The number of fused-ring (bicyclic) bond motifs is 1. The Morgan fingerprint density at radius 1 is 1.12 bits per heavy atom. The lowest BCUT2D eigenvalue weighted by Gasteiger charge is -2.18. The van der Waals surface area contributed by atoms with E-state index in [1.54, 1.807) is 35.5 Å². The Kier molecular flexibility index (Phi) is 7.47. The molecule has 2 amide bonds. The molecule has 0 spiro atoms. The Labute approximate surface area is 197 Å². The van der Waals surface area contributed by atoms with Crippen LogP contribution in [0.3, 0.4) is 0 Å². The topological polar surface area (TPSA) is 93.0 Å². The van der Waals surface area contributed by atoms with E-state index in [0.717, 1.165) is 17.0 Å². The normalized spacial score (nSPS) is 13.5. The first-order chi connectivity index (χ1) is 16.1. The first kappa shape index (κ1) is 22.7. The molecule has 1 aliphatic heterocycles. The van der Waals surface area contributed by atoms with E-state index in [0.29, 0.717) is 56.3 Å². The van der Waals surface area contributed by atoms with Gasteiger partial charge < -0.3 is 14.8 Å². The second kappa shape index (κ2) is 10.9. The number of hydrogen-bond acceptors (Lipinski definition) is 5. The summed E-state index contributed by atoms with van der Waals surface area (Å²) in [5.41, 5.74) is 1.91. The van der Waals surface area contributed by atoms with Crippen molar-refractivity contribution in [2.75, 3.05) is 13.1 Å². The van der Waals surface area contributed by atoms with Gasteiger partial charge in [0.1, 0.15) is 5.82 Å². The molecule has 8 nitrogen and oxygen atoms in total. The molecule has 3 aromatic rings. The van der Waals surface area contributed by atoms with Gasteiger partial charge in [0, 0.05) is 56.0 Å². The van der Waals surface area contributed by atoms with Gasteiger partial charge in [-0.2, -0.15) is 0 Å². The Balaban J connectivity index is 1.29. The van der Waals surface area contributed by atoms with Crippen LogP contribution >= 0.6 is 11.6 Å². The van der Waals surface area contributed by atoms with Crippen molar-refractivity contribution in [2.24, 2.45) is 0 Å². The summed E-state index contributed by atoms with van der Waals surface area (Å²) in [6, 6.07) is 11.2. The van der Waals surface area contributed by atoms with Crippen molar-refractivity contribution in [2.45, 2.75) is 32.4 Å². The molecule has 33 heavy (non-hydrogen) atoms. The van der Waals surface area contributed by atoms with Crippen LogP contribution in [0.1, 0.15) is 29.2 Å². The number of aryl methyl sites for hydroxylation is 1. The van der Waals surface area contributed by atoms with E-state index in [2.05, 4.69) is 20.5 Å². The van der Waals surface area contributed by atoms with Crippen molar-refractivity contribution in [1.29, 1.82) is 0 Å². The molecular formula is C24H25ClN6O2. The van der Waals surface area contributed by atoms with E-state index in [4.69, 9.17) is 11.6 Å². The largest absolute Gasteiger partial charge is 0.349 e. The second-order valence-corrected chi connectivity index (χ2v) is 8.22. The number of hydrogen-bond donors (Lipinski definition) is 1. The number of nitrogens with one attached hydrogen (secondary N) is 1. The van der Waals surface area contributed by atoms with Crippen LogP contribution in [-0.4, -0.2) is 49.6 Å². The zero-order valence-corrected chi connectivity index (χ0v) is 18.9. The summed E-state index contributed by atoms with van der Waals surface area (Å²) in [5, 5.41) is 12.1. The van der Waals surface area contributed by atoms with Crippen LogP contribution in [0.4, 0.5) is 0 Å². The molecule has 170 valence electrons. The van der Waals surface area contributed by atoms with Gasteiger partial charge in [0.15, 0.2) is 5.82 Å². The quantitative estimate of drug-likeness (QED) is 0.542. The van der Waals surface area contributed by atoms with Crippen LogP contribution in [0.15, 0.2) is 54.9 Å². The summed E-state index contributed by atoms with van der Waals surface area (Å²) in [4.78, 5) is 30.8. The predicted octanol–water partition coefficient (Wildman–Crippen LogP) is 2.67. The van der Waals surface area contributed by atoms with Gasteiger partial charge in [-0.05, 0) is 41.8 Å². The van der Waals surface area contributed by atoms with Gasteiger partial charge in [-0.3, -0.25) is 14.6 Å². The molecule has 0 saturated heterocycles. The van der Waals surface area contributed by atoms with Gasteiger partial charge in [0.05, 0.1) is 6.54 Å². The average Bonchev–Trinajstić information content (AvgIpc) is 3.09. The molecule has 1 aromatic carbocycles. The number of rotatable bonds is 7. The maximum Gasteiger partial charge on any atom is 0.246 e. The molecule has 0 aliphatic carbocycles. The summed E-state index contributed by atoms with van der Waals surface area (Å²) in [6.07, 6.45) is 8.45. The van der Waals surface area contributed by atoms with E-state index in [1.165, 1.54) is 0 Å². The molecule has 9 heteroatoms. The lowest BCUT2D eigenvalue weighted by atomic mass is 10.1. The average molecular weight is 465 g/mol. The molecule has 4 rings (SSSR count). The van der Waals surface area contributed by atoms with Crippen molar-refractivity contribution in [3.8, 4) is 0 Å². The molecule has 1 aliphatic rings. The summed E-state index contributed by atoms with van der Waals surface area (Å²) in [5.74, 6) is 1.42. The molecule has 3 heterocycles. The minimum atomic E-state index is -0.0565. The molecule has 0 fully saturated rings. The predicted molar refractivity (Wildman–Crippen MR) is 125 cm³/mol. The number of carbonyl (C=O) groups is 2. The summed E-state index contributed by atoms with van der Waals surface area (Å²) in [6.45, 7) is 2.00. The first-order valence-corrected chi connectivity index (χ1v) is 11.3. The Morgan fingerprint density at radius 3 is 2.85 bits per heavy atom. The van der Waals surface area contributed by atoms with Gasteiger partial charge >= 0.3 is 0 Å². The smallest absolute Gasteiger partial charge is 0.246 e. The van der Waals surface area contributed by atoms with Crippen LogP contribution in [0.2, 0.25) is 5.02 Å². The second-order valence-electron chi connectivity index (χ2n) is 7.79. The molecule has 2 aromatic heterocycles. The number of pyridine rings is 1. The van der Waals surface area contributed by atoms with Crippen molar-refractivity contribution < 1.29 is 9.59 Å². The molecule has 0 unspecified atom stereocenters. The highest BCUT2D eigenvalue weighted by Crippen LogP contribution is 2.13. The van der Waals surface area contributed by atoms with E-state index in [9.17, 15) is 9.59 Å². The van der Waals surface area contributed by atoms with Gasteiger partial charge in [-0.25, -0.2) is 0 Å². The van der Waals surface area contributed by atoms with Crippen molar-refractivity contribution >= 4 is 29.5 Å². The van der Waals surface area contributed by atoms with Gasteiger partial charge in [-0.15, -0.1) is 10.2 Å². The van der Waals surface area contributed by atoms with Crippen molar-refractivity contribution in [1.82, 2.24) is 30.0 Å². The lowest BCUT2D eigenvalue weighted by molar-refractivity contribution is -0.126. The first-order valence-electron chi connectivity index (χ1n) is 10.9. The maximum atomic E-state index is 12.7. The van der Waals surface area contributed by atoms with Crippen LogP contribution < -0.4 is 5.32 Å². The highest BCUT2D eigenvalue weighted by molar-refractivity contribution is 6.30. The highest BCUT2D eigenvalue weighted by Gasteiger charge is 2.21. The molecule has 0 saturated carbocycles. The van der Waals surface area contributed by atoms with E-state index in [-0.39, 0.29) is 11.8 Å². The maximum absolute atomic E-state index is 12.7. The standard InChI is InChI=1S/C24H25ClN6O2/c25-20-5-1-3-18(15-20)7-9-24(33)30-12-10-21-28-29-22(31(21)14-13-30)17-27-23(32)8-6-19-4-2-11-26-16-19/h1-5,7,9,11,15-16H,6,8,10,12-14,17H2,(H,27,32). The zero-order valence-electron chi connectivity index (χ0n) is 18.2. The van der Waals surface area contributed by atoms with Gasteiger partial charge in [-0.1, -0.05) is 29.8 Å². The number of carbonyl (C=O) groups excluding carboxylic acids is 2. The highest BCUT2D eigenvalue weighted by atomic mass is 35.5. The Morgan fingerprint density at radius 2 is 2.03 bits per heavy atom. The minimum Gasteiger partial charge on any atom is -0.349 e. The summed E-state index contributed by atoms with van der Waals surface area (Å²) >= 11 is 6.00. The number of amides is 2. The number of nitrogens with zero attached hydrogens (tertiary/aromatic N) is 5. The van der Waals surface area contributed by atoms with Crippen molar-refractivity contribution in [3.05, 3.63) is 82.7 Å². The minimum absolute atomic E-state index is 0.0484. The van der Waals surface area contributed by atoms with Gasteiger partial charge in [0.25, 0.3) is 0 Å². The van der Waals surface area contributed by atoms with Gasteiger partial charge in [0.2, 0.25) is 11.8 Å². The molecule has 0 radical (unpaired) electrons. The number of benzene rings is 1. The van der Waals surface area contributed by atoms with E-state index in [1.807, 2.05) is 34.9 Å². The SMILES string of the molecule is O=C(CCc1cccnc1)NCc1nnc2n1CCN(C(=O)C=Cc1cccc(Cl)c1)CC2. The zero-order chi connectivity index (χ0) is 23.0. The third-order valence-corrected chi connectivity index (χ3v) is 5.72. The molecule has 0 bridgehead atoms. The number of aromatic nitrogens is 4. The summed E-state index contributed by atoms with van der Waals surface area (Å²) in [7, 11) is 0. The van der Waals surface area contributed by atoms with Crippen LogP contribution in [0.5, 0.6) is 0 Å². The third-order valence-electron chi connectivity index (χ3n) is 5.49. The molecule has 0 atom stereocenters. The van der Waals surface area contributed by atoms with Crippen LogP contribution in [0, 0.1) is 0 Å². The van der Waals surface area contributed by atoms with Crippen LogP contribution in [0.25, 0.3) is 6.08 Å². The van der Waals surface area contributed by atoms with E-state index >= 15 is 0 Å². The molecular weight excluding hydrogens is 440 g/mol. The summed E-state index contributed by atoms with van der Waals surface area (Å²) < 4.78 is 2.00. The van der Waals surface area contributed by atoms with Crippen LogP contribution in [-0.2, 0) is 35.5 Å². The Hall–Kier alpha value is -3.52. The van der Waals surface area contributed by atoms with Crippen molar-refractivity contribution in [3.63, 3.8) is 0 Å². The number of halogens is 1. The fourth-order valence-electron chi connectivity index (χ4n) is 3.69. The fraction of sp³-hybridized carbons (Fsp3) is 0.292.